The molecule has 0 saturated heterocycles. The van der Waals surface area contributed by atoms with Crippen LogP contribution in [0.4, 0.5) is 0 Å². The Morgan fingerprint density at radius 1 is 1.22 bits per heavy atom. The van der Waals surface area contributed by atoms with Crippen molar-refractivity contribution in [1.82, 2.24) is 4.68 Å². The summed E-state index contributed by atoms with van der Waals surface area (Å²) < 4.78 is 1.93. The lowest BCUT2D eigenvalue weighted by Crippen LogP contribution is -2.14. The van der Waals surface area contributed by atoms with E-state index in [9.17, 15) is 0 Å². The molecule has 6 heteroatoms. The molecule has 0 aliphatic rings. The lowest BCUT2D eigenvalue weighted by atomic mass is 10.1. The van der Waals surface area contributed by atoms with Crippen LogP contribution in [0.25, 0.3) is 10.6 Å². The van der Waals surface area contributed by atoms with Gasteiger partial charge in [0, 0.05) is 17.5 Å². The van der Waals surface area contributed by atoms with Gasteiger partial charge in [0.25, 0.3) is 0 Å². The van der Waals surface area contributed by atoms with Crippen LogP contribution in [0.15, 0.2) is 57.3 Å². The molecule has 0 spiro atoms. The molecule has 0 N–H and O–H groups in total. The first-order valence-electron chi connectivity index (χ1n) is 7.24. The highest BCUT2D eigenvalue weighted by atomic mass is 35.5. The number of thiophene rings is 1. The molecule has 23 heavy (non-hydrogen) atoms. The zero-order valence-electron chi connectivity index (χ0n) is 12.9. The van der Waals surface area contributed by atoms with Crippen LogP contribution < -0.4 is 4.80 Å². The summed E-state index contributed by atoms with van der Waals surface area (Å²) >= 11 is 9.42. The van der Waals surface area contributed by atoms with E-state index in [0.717, 1.165) is 33.2 Å². The van der Waals surface area contributed by atoms with Crippen LogP contribution in [0.3, 0.4) is 0 Å². The highest BCUT2D eigenvalue weighted by Crippen LogP contribution is 2.25. The second-order valence-electron chi connectivity index (χ2n) is 4.83. The first-order chi connectivity index (χ1) is 11.2. The zero-order chi connectivity index (χ0) is 16.2. The molecule has 118 valence electrons. The van der Waals surface area contributed by atoms with Gasteiger partial charge < -0.3 is 0 Å². The maximum atomic E-state index is 6.12. The van der Waals surface area contributed by atoms with Gasteiger partial charge in [-0.15, -0.1) is 22.7 Å². The fraction of sp³-hybridized carbons (Fsp3) is 0.176. The molecule has 0 bridgehead atoms. The molecule has 0 amide bonds. The van der Waals surface area contributed by atoms with E-state index in [1.165, 1.54) is 4.88 Å². The van der Waals surface area contributed by atoms with Crippen molar-refractivity contribution in [3.63, 3.8) is 0 Å². The van der Waals surface area contributed by atoms with Crippen molar-refractivity contribution >= 4 is 40.0 Å². The zero-order valence-corrected chi connectivity index (χ0v) is 15.3. The van der Waals surface area contributed by atoms with Crippen molar-refractivity contribution < 1.29 is 0 Å². The van der Waals surface area contributed by atoms with E-state index in [0.29, 0.717) is 0 Å². The molecule has 0 fully saturated rings. The predicted molar refractivity (Wildman–Crippen MR) is 101 cm³/mol. The van der Waals surface area contributed by atoms with E-state index in [4.69, 9.17) is 16.7 Å². The highest BCUT2D eigenvalue weighted by Gasteiger charge is 2.10. The van der Waals surface area contributed by atoms with Crippen LogP contribution in [0.5, 0.6) is 0 Å². The van der Waals surface area contributed by atoms with Crippen molar-refractivity contribution in [2.75, 3.05) is 7.05 Å². The van der Waals surface area contributed by atoms with E-state index < -0.39 is 0 Å². The molecular formula is C17H16ClN3S2. The van der Waals surface area contributed by atoms with Crippen LogP contribution in [0.2, 0.25) is 5.02 Å². The Bertz CT molecular complexity index is 889. The standard InChI is InChI=1S/C17H16ClN3S2/c1-3-14(12-6-4-7-13(18)10-12)20-21-15(11-23-17(21)19-2)16-8-5-9-22-16/h4-11H,3H2,1-2H3. The number of halogens is 1. The molecule has 0 aliphatic heterocycles. The normalized spacial score (nSPS) is 12.8. The van der Waals surface area contributed by atoms with Gasteiger partial charge >= 0.3 is 0 Å². The van der Waals surface area contributed by atoms with E-state index >= 15 is 0 Å². The maximum Gasteiger partial charge on any atom is 0.205 e. The third-order valence-corrected chi connectivity index (χ3v) is 5.40. The highest BCUT2D eigenvalue weighted by molar-refractivity contribution is 7.14. The summed E-state index contributed by atoms with van der Waals surface area (Å²) in [6.45, 7) is 2.10. The first kappa shape index (κ1) is 16.2. The van der Waals surface area contributed by atoms with Gasteiger partial charge in [0.15, 0.2) is 0 Å². The van der Waals surface area contributed by atoms with Gasteiger partial charge in [-0.05, 0) is 35.6 Å². The van der Waals surface area contributed by atoms with Crippen LogP contribution in [0.1, 0.15) is 18.9 Å². The number of rotatable bonds is 4. The maximum absolute atomic E-state index is 6.12. The van der Waals surface area contributed by atoms with Crippen molar-refractivity contribution in [2.24, 2.45) is 10.1 Å². The molecule has 3 aromatic rings. The SMILES string of the molecule is CCC(=Nn1c(-c2cccs2)csc1=NC)c1cccc(Cl)c1. The molecule has 2 aromatic heterocycles. The number of benzene rings is 1. The second-order valence-corrected chi connectivity index (χ2v) is 7.05. The number of hydrogen-bond donors (Lipinski definition) is 0. The summed E-state index contributed by atoms with van der Waals surface area (Å²) in [6, 6.07) is 12.0. The number of thiazole rings is 1. The summed E-state index contributed by atoms with van der Waals surface area (Å²) in [6.07, 6.45) is 0.816. The Kier molecular flexibility index (Phi) is 5.10. The van der Waals surface area contributed by atoms with Crippen LogP contribution in [0, 0.1) is 0 Å². The van der Waals surface area contributed by atoms with E-state index in [1.807, 2.05) is 35.0 Å². The van der Waals surface area contributed by atoms with Crippen molar-refractivity contribution in [3.05, 3.63) is 62.5 Å². The van der Waals surface area contributed by atoms with Gasteiger partial charge in [-0.25, -0.2) is 4.68 Å². The number of nitrogens with zero attached hydrogens (tertiary/aromatic N) is 3. The van der Waals surface area contributed by atoms with Gasteiger partial charge in [-0.1, -0.05) is 36.7 Å². The summed E-state index contributed by atoms with van der Waals surface area (Å²) in [5, 5.41) is 9.76. The fourth-order valence-electron chi connectivity index (χ4n) is 2.26. The van der Waals surface area contributed by atoms with Gasteiger partial charge in [-0.2, -0.15) is 5.10 Å². The third-order valence-electron chi connectivity index (χ3n) is 3.36. The smallest absolute Gasteiger partial charge is 0.205 e. The van der Waals surface area contributed by atoms with Crippen molar-refractivity contribution in [3.8, 4) is 10.6 Å². The summed E-state index contributed by atoms with van der Waals surface area (Å²) in [4.78, 5) is 6.41. The predicted octanol–water partition coefficient (Wildman–Crippen LogP) is 5.12. The lowest BCUT2D eigenvalue weighted by molar-refractivity contribution is 0.839. The average molecular weight is 362 g/mol. The minimum atomic E-state index is 0.720. The van der Waals surface area contributed by atoms with Gasteiger partial charge in [0.1, 0.15) is 0 Å². The van der Waals surface area contributed by atoms with Gasteiger partial charge in [0.05, 0.1) is 16.3 Å². The Balaban J connectivity index is 2.15. The Labute approximate surface area is 148 Å². The van der Waals surface area contributed by atoms with Crippen LogP contribution in [-0.2, 0) is 0 Å². The third kappa shape index (κ3) is 3.47. The Morgan fingerprint density at radius 3 is 2.74 bits per heavy atom. The van der Waals surface area contributed by atoms with E-state index in [2.05, 4.69) is 28.7 Å². The second kappa shape index (κ2) is 7.25. The summed E-state index contributed by atoms with van der Waals surface area (Å²) in [7, 11) is 1.79. The largest absolute Gasteiger partial charge is 0.261 e. The number of hydrogen-bond acceptors (Lipinski definition) is 4. The molecule has 0 radical (unpaired) electrons. The van der Waals surface area contributed by atoms with E-state index in [1.54, 1.807) is 29.7 Å². The van der Waals surface area contributed by atoms with Crippen LogP contribution in [-0.4, -0.2) is 17.4 Å². The summed E-state index contributed by atoms with van der Waals surface area (Å²) in [5.41, 5.74) is 3.09. The average Bonchev–Trinajstić information content (AvgIpc) is 3.21. The lowest BCUT2D eigenvalue weighted by Gasteiger charge is -2.07. The monoisotopic (exact) mass is 361 g/mol. The molecule has 2 heterocycles. The molecule has 0 aliphatic carbocycles. The Hall–Kier alpha value is -1.69. The van der Waals surface area contributed by atoms with E-state index in [-0.39, 0.29) is 0 Å². The molecule has 0 saturated carbocycles. The quantitative estimate of drug-likeness (QED) is 0.577. The van der Waals surface area contributed by atoms with Gasteiger partial charge in [0.2, 0.25) is 4.80 Å². The number of aromatic nitrogens is 1. The minimum absolute atomic E-state index is 0.720. The molecular weight excluding hydrogens is 346 g/mol. The molecule has 0 unspecified atom stereocenters. The molecule has 1 aromatic carbocycles. The van der Waals surface area contributed by atoms with Gasteiger partial charge in [-0.3, -0.25) is 4.99 Å². The summed E-state index contributed by atoms with van der Waals surface area (Å²) in [5.74, 6) is 0. The molecule has 3 rings (SSSR count). The minimum Gasteiger partial charge on any atom is -0.261 e. The van der Waals surface area contributed by atoms with Crippen LogP contribution >= 0.6 is 34.3 Å². The molecule has 3 nitrogen and oxygen atoms in total. The Morgan fingerprint density at radius 2 is 2.09 bits per heavy atom. The van der Waals surface area contributed by atoms with Crippen molar-refractivity contribution in [1.29, 1.82) is 0 Å². The molecule has 0 atom stereocenters. The topological polar surface area (TPSA) is 29.6 Å². The fourth-order valence-corrected chi connectivity index (χ4v) is 4.04. The first-order valence-corrected chi connectivity index (χ1v) is 9.37. The van der Waals surface area contributed by atoms with Crippen molar-refractivity contribution in [2.45, 2.75) is 13.3 Å².